The van der Waals surface area contributed by atoms with Gasteiger partial charge in [0, 0.05) is 50.2 Å². The summed E-state index contributed by atoms with van der Waals surface area (Å²) >= 11 is 0. The molecule has 32 heavy (non-hydrogen) atoms. The zero-order valence-corrected chi connectivity index (χ0v) is 17.9. The van der Waals surface area contributed by atoms with Gasteiger partial charge in [0.25, 0.3) is 5.92 Å². The van der Waals surface area contributed by atoms with Gasteiger partial charge in [-0.25, -0.2) is 8.78 Å². The van der Waals surface area contributed by atoms with Gasteiger partial charge in [-0.2, -0.15) is 0 Å². The zero-order valence-electron chi connectivity index (χ0n) is 17.9. The SMILES string of the molecule is CC(C(=O)NC1CN(c2ccc(C3C=N3)c3nccnc23)CC(F)(F)C1)N1CCOCC1. The molecular weight excluding hydrogens is 418 g/mol. The number of carbonyl (C=O) groups is 1. The Kier molecular flexibility index (Phi) is 5.50. The number of aliphatic imine (C=N–C) groups is 1. The summed E-state index contributed by atoms with van der Waals surface area (Å²) in [5.41, 5.74) is 2.76. The van der Waals surface area contributed by atoms with Crippen LogP contribution in [0, 0.1) is 0 Å². The first-order valence-electron chi connectivity index (χ1n) is 10.9. The van der Waals surface area contributed by atoms with Crippen molar-refractivity contribution in [1.29, 1.82) is 0 Å². The Morgan fingerprint density at radius 2 is 1.94 bits per heavy atom. The number of hydrogen-bond donors (Lipinski definition) is 1. The highest BCUT2D eigenvalue weighted by Gasteiger charge is 2.42. The minimum absolute atomic E-state index is 0.0141. The fourth-order valence-electron chi connectivity index (χ4n) is 4.59. The molecular formula is C22H26F2N6O2. The van der Waals surface area contributed by atoms with E-state index in [4.69, 9.17) is 4.74 Å². The molecule has 0 saturated carbocycles. The lowest BCUT2D eigenvalue weighted by Gasteiger charge is -2.40. The molecule has 5 rings (SSSR count). The number of benzene rings is 1. The largest absolute Gasteiger partial charge is 0.379 e. The number of amides is 1. The van der Waals surface area contributed by atoms with Gasteiger partial charge in [0.2, 0.25) is 5.91 Å². The maximum atomic E-state index is 14.7. The molecule has 3 aliphatic heterocycles. The number of alkyl halides is 2. The van der Waals surface area contributed by atoms with Crippen LogP contribution in [-0.2, 0) is 9.53 Å². The molecule has 1 amide bonds. The number of aromatic nitrogens is 2. The maximum absolute atomic E-state index is 14.7. The van der Waals surface area contributed by atoms with Crippen LogP contribution in [0.15, 0.2) is 29.5 Å². The van der Waals surface area contributed by atoms with Crippen LogP contribution in [0.25, 0.3) is 11.0 Å². The van der Waals surface area contributed by atoms with Gasteiger partial charge in [0.05, 0.1) is 43.0 Å². The monoisotopic (exact) mass is 444 g/mol. The van der Waals surface area contributed by atoms with Crippen molar-refractivity contribution >= 4 is 28.8 Å². The number of nitrogens with one attached hydrogen (secondary N) is 1. The van der Waals surface area contributed by atoms with Gasteiger partial charge < -0.3 is 15.0 Å². The lowest BCUT2D eigenvalue weighted by atomic mass is 9.99. The molecule has 2 saturated heterocycles. The average Bonchev–Trinajstić information content (AvgIpc) is 3.62. The van der Waals surface area contributed by atoms with Crippen molar-refractivity contribution in [2.45, 2.75) is 37.4 Å². The first-order valence-corrected chi connectivity index (χ1v) is 10.9. The van der Waals surface area contributed by atoms with E-state index in [0.717, 1.165) is 5.56 Å². The quantitative estimate of drug-likeness (QED) is 0.758. The lowest BCUT2D eigenvalue weighted by Crippen LogP contribution is -2.58. The van der Waals surface area contributed by atoms with E-state index in [0.29, 0.717) is 43.0 Å². The number of morpholine rings is 1. The Morgan fingerprint density at radius 1 is 1.22 bits per heavy atom. The van der Waals surface area contributed by atoms with Gasteiger partial charge in [-0.05, 0) is 13.0 Å². The van der Waals surface area contributed by atoms with Crippen LogP contribution in [0.3, 0.4) is 0 Å². The molecule has 0 aliphatic carbocycles. The van der Waals surface area contributed by atoms with Crippen molar-refractivity contribution in [1.82, 2.24) is 20.2 Å². The van der Waals surface area contributed by atoms with Crippen LogP contribution in [0.5, 0.6) is 0 Å². The van der Waals surface area contributed by atoms with Gasteiger partial charge in [-0.15, -0.1) is 0 Å². The fourth-order valence-corrected chi connectivity index (χ4v) is 4.59. The molecule has 3 unspecified atom stereocenters. The van der Waals surface area contributed by atoms with Gasteiger partial charge >= 0.3 is 0 Å². The minimum Gasteiger partial charge on any atom is -0.379 e. The molecule has 1 aromatic carbocycles. The maximum Gasteiger partial charge on any atom is 0.267 e. The van der Waals surface area contributed by atoms with E-state index in [2.05, 4.69) is 20.3 Å². The molecule has 8 nitrogen and oxygen atoms in total. The first-order chi connectivity index (χ1) is 15.4. The van der Waals surface area contributed by atoms with Gasteiger partial charge in [-0.1, -0.05) is 6.07 Å². The Bertz CT molecular complexity index is 1040. The van der Waals surface area contributed by atoms with E-state index >= 15 is 0 Å². The van der Waals surface area contributed by atoms with Gasteiger partial charge in [-0.3, -0.25) is 24.7 Å². The zero-order chi connectivity index (χ0) is 22.3. The summed E-state index contributed by atoms with van der Waals surface area (Å²) in [4.78, 5) is 29.5. The standard InChI is InChI=1S/C22H26F2N6O2/c1-14(29-6-8-32-9-7-29)21(31)28-15-10-22(23,24)13-30(12-15)18-3-2-16(17-11-27-17)19-20(18)26-5-4-25-19/h2-5,11,14-15,17H,6-10,12-13H2,1H3,(H,28,31). The summed E-state index contributed by atoms with van der Waals surface area (Å²) in [7, 11) is 0. The second-order valence-electron chi connectivity index (χ2n) is 8.64. The van der Waals surface area contributed by atoms with E-state index in [1.165, 1.54) is 0 Å². The number of carbonyl (C=O) groups excluding carboxylic acids is 1. The smallest absolute Gasteiger partial charge is 0.267 e. The Hall–Kier alpha value is -2.72. The average molecular weight is 444 g/mol. The van der Waals surface area contributed by atoms with Crippen LogP contribution >= 0.6 is 0 Å². The highest BCUT2D eigenvalue weighted by Crippen LogP contribution is 2.37. The molecule has 1 aromatic heterocycles. The number of hydrogen-bond acceptors (Lipinski definition) is 7. The first kappa shape index (κ1) is 21.1. The summed E-state index contributed by atoms with van der Waals surface area (Å²) in [5.74, 6) is -3.17. The second kappa shape index (κ2) is 8.32. The summed E-state index contributed by atoms with van der Waals surface area (Å²) < 4.78 is 34.8. The Balaban J connectivity index is 1.36. The third-order valence-electron chi connectivity index (χ3n) is 6.32. The van der Waals surface area contributed by atoms with Crippen molar-refractivity contribution in [2.24, 2.45) is 4.99 Å². The number of fused-ring (bicyclic) bond motifs is 1. The summed E-state index contributed by atoms with van der Waals surface area (Å²) in [6.45, 7) is 4.12. The number of piperidine rings is 1. The van der Waals surface area contributed by atoms with E-state index in [9.17, 15) is 13.6 Å². The predicted octanol–water partition coefficient (Wildman–Crippen LogP) is 1.81. The molecule has 10 heteroatoms. The van der Waals surface area contributed by atoms with Crippen LogP contribution in [0.1, 0.15) is 24.9 Å². The fraction of sp³-hybridized carbons (Fsp3) is 0.545. The normalized spacial score (nSPS) is 26.2. The Labute approximate surface area is 184 Å². The van der Waals surface area contributed by atoms with Crippen LogP contribution in [-0.4, -0.2) is 84.4 Å². The van der Waals surface area contributed by atoms with Crippen molar-refractivity contribution < 1.29 is 18.3 Å². The topological polar surface area (TPSA) is 83.0 Å². The van der Waals surface area contributed by atoms with E-state index in [-0.39, 0.29) is 24.9 Å². The Morgan fingerprint density at radius 3 is 2.66 bits per heavy atom. The minimum atomic E-state index is -2.94. The van der Waals surface area contributed by atoms with Crippen molar-refractivity contribution in [3.63, 3.8) is 0 Å². The lowest BCUT2D eigenvalue weighted by molar-refractivity contribution is -0.129. The van der Waals surface area contributed by atoms with Crippen molar-refractivity contribution in [3.05, 3.63) is 30.1 Å². The number of anilines is 1. The molecule has 0 radical (unpaired) electrons. The number of rotatable bonds is 5. The number of halogens is 2. The highest BCUT2D eigenvalue weighted by atomic mass is 19.3. The summed E-state index contributed by atoms with van der Waals surface area (Å²) in [5, 5.41) is 2.86. The van der Waals surface area contributed by atoms with Gasteiger partial charge in [0.1, 0.15) is 11.6 Å². The molecule has 3 atom stereocenters. The highest BCUT2D eigenvalue weighted by molar-refractivity contribution is 5.95. The molecule has 170 valence electrons. The van der Waals surface area contributed by atoms with Crippen LogP contribution in [0.4, 0.5) is 14.5 Å². The molecule has 3 aliphatic rings. The third kappa shape index (κ3) is 4.29. The van der Waals surface area contributed by atoms with Crippen molar-refractivity contribution in [3.8, 4) is 0 Å². The van der Waals surface area contributed by atoms with E-state index in [1.807, 2.05) is 23.2 Å². The number of ether oxygens (including phenoxy) is 1. The molecule has 0 spiro atoms. The molecule has 1 N–H and O–H groups in total. The van der Waals surface area contributed by atoms with Crippen molar-refractivity contribution in [2.75, 3.05) is 44.3 Å². The predicted molar refractivity (Wildman–Crippen MR) is 116 cm³/mol. The molecule has 2 fully saturated rings. The summed E-state index contributed by atoms with van der Waals surface area (Å²) in [6, 6.07) is 2.61. The molecule has 2 aromatic rings. The third-order valence-corrected chi connectivity index (χ3v) is 6.32. The second-order valence-corrected chi connectivity index (χ2v) is 8.64. The molecule has 4 heterocycles. The van der Waals surface area contributed by atoms with E-state index in [1.54, 1.807) is 24.2 Å². The molecule has 0 bridgehead atoms. The van der Waals surface area contributed by atoms with Crippen LogP contribution < -0.4 is 10.2 Å². The van der Waals surface area contributed by atoms with Gasteiger partial charge in [0.15, 0.2) is 0 Å². The summed E-state index contributed by atoms with van der Waals surface area (Å²) in [6.07, 6.45) is 4.59. The van der Waals surface area contributed by atoms with Crippen LogP contribution in [0.2, 0.25) is 0 Å². The number of nitrogens with zero attached hydrogens (tertiary/aromatic N) is 5. The van der Waals surface area contributed by atoms with E-state index < -0.39 is 24.6 Å².